The summed E-state index contributed by atoms with van der Waals surface area (Å²) < 4.78 is 11.3. The van der Waals surface area contributed by atoms with Crippen molar-refractivity contribution in [3.8, 4) is 0 Å². The van der Waals surface area contributed by atoms with Crippen LogP contribution in [-0.2, 0) is 20.9 Å². The van der Waals surface area contributed by atoms with Crippen LogP contribution in [0.2, 0.25) is 10.0 Å². The van der Waals surface area contributed by atoms with Crippen LogP contribution >= 0.6 is 23.2 Å². The summed E-state index contributed by atoms with van der Waals surface area (Å²) in [6.45, 7) is 1.43. The number of nitro benzene ring substituents is 1. The zero-order valence-corrected chi connectivity index (χ0v) is 18.9. The number of carbonyl (C=O) groups is 2. The highest BCUT2D eigenvalue weighted by atomic mass is 35.5. The maximum Gasteiger partial charge on any atom is 0.419 e. The number of aromatic nitrogens is 1. The van der Waals surface area contributed by atoms with Crippen molar-refractivity contribution in [2.45, 2.75) is 32.4 Å². The molecule has 0 aliphatic heterocycles. The maximum absolute atomic E-state index is 12.1. The number of fused-ring (bicyclic) bond motifs is 1. The predicted octanol–water partition coefficient (Wildman–Crippen LogP) is 4.01. The fourth-order valence-corrected chi connectivity index (χ4v) is 3.43. The minimum absolute atomic E-state index is 0.0400. The topological polar surface area (TPSA) is 134 Å². The van der Waals surface area contributed by atoms with Crippen LogP contribution in [0.4, 0.5) is 5.69 Å². The summed E-state index contributed by atoms with van der Waals surface area (Å²) in [6, 6.07) is 8.46. The van der Waals surface area contributed by atoms with Crippen molar-refractivity contribution in [2.24, 2.45) is 0 Å². The van der Waals surface area contributed by atoms with Gasteiger partial charge in [-0.15, -0.1) is 0 Å². The molecule has 0 aliphatic rings. The molecular formula is C21H19Cl2N3O7. The van der Waals surface area contributed by atoms with Gasteiger partial charge in [-0.05, 0) is 37.1 Å². The molecule has 1 heterocycles. The summed E-state index contributed by atoms with van der Waals surface area (Å²) in [5.41, 5.74) is 1.02. The highest BCUT2D eigenvalue weighted by Crippen LogP contribution is 2.25. The number of nitrogens with zero attached hydrogens (tertiary/aromatic N) is 2. The number of halogens is 2. The number of nitrogens with one attached hydrogen (secondary N) is 1. The van der Waals surface area contributed by atoms with Crippen molar-refractivity contribution < 1.29 is 23.7 Å². The summed E-state index contributed by atoms with van der Waals surface area (Å²) in [7, 11) is 0. The molecule has 0 radical (unpaired) electrons. The van der Waals surface area contributed by atoms with Gasteiger partial charge in [-0.25, -0.2) is 4.79 Å². The molecule has 0 spiro atoms. The van der Waals surface area contributed by atoms with Gasteiger partial charge in [0.05, 0.1) is 32.6 Å². The molecule has 3 rings (SSSR count). The monoisotopic (exact) mass is 495 g/mol. The number of aryl methyl sites for hydroxylation is 1. The van der Waals surface area contributed by atoms with E-state index in [0.717, 1.165) is 5.56 Å². The maximum atomic E-state index is 12.1. The van der Waals surface area contributed by atoms with E-state index >= 15 is 0 Å². The average Bonchev–Trinajstić information content (AvgIpc) is 3.08. The highest BCUT2D eigenvalue weighted by Gasteiger charge is 2.16. The number of non-ortho nitro benzene ring substituents is 1. The Hall–Kier alpha value is -3.37. The van der Waals surface area contributed by atoms with Gasteiger partial charge in [-0.1, -0.05) is 29.3 Å². The minimum Gasteiger partial charge on any atom is -0.456 e. The van der Waals surface area contributed by atoms with Crippen molar-refractivity contribution in [2.75, 3.05) is 6.61 Å². The van der Waals surface area contributed by atoms with Crippen LogP contribution in [0.3, 0.4) is 0 Å². The van der Waals surface area contributed by atoms with E-state index in [-0.39, 0.29) is 36.7 Å². The van der Waals surface area contributed by atoms with Crippen molar-refractivity contribution in [3.05, 3.63) is 72.7 Å². The highest BCUT2D eigenvalue weighted by molar-refractivity contribution is 6.42. The first-order valence-corrected chi connectivity index (χ1v) is 10.6. The Morgan fingerprint density at radius 1 is 1.21 bits per heavy atom. The van der Waals surface area contributed by atoms with E-state index in [1.54, 1.807) is 25.1 Å². The molecule has 0 aliphatic carbocycles. The van der Waals surface area contributed by atoms with E-state index in [0.29, 0.717) is 15.6 Å². The third-order valence-electron chi connectivity index (χ3n) is 4.81. The minimum atomic E-state index is -0.686. The number of ether oxygens (including phenoxy) is 1. The molecule has 0 saturated carbocycles. The first-order chi connectivity index (χ1) is 15.7. The van der Waals surface area contributed by atoms with E-state index in [4.69, 9.17) is 32.4 Å². The van der Waals surface area contributed by atoms with Gasteiger partial charge in [0.1, 0.15) is 0 Å². The van der Waals surface area contributed by atoms with Crippen molar-refractivity contribution in [1.82, 2.24) is 9.88 Å². The lowest BCUT2D eigenvalue weighted by molar-refractivity contribution is -0.384. The Morgan fingerprint density at radius 3 is 2.67 bits per heavy atom. The van der Waals surface area contributed by atoms with E-state index in [1.807, 2.05) is 0 Å². The summed E-state index contributed by atoms with van der Waals surface area (Å²) in [5.74, 6) is -1.78. The van der Waals surface area contributed by atoms with Crippen LogP contribution in [0.15, 0.2) is 45.6 Å². The zero-order chi connectivity index (χ0) is 24.1. The molecule has 174 valence electrons. The predicted molar refractivity (Wildman–Crippen MR) is 120 cm³/mol. The Labute approximate surface area is 197 Å². The molecule has 2 aromatic carbocycles. The van der Waals surface area contributed by atoms with Gasteiger partial charge in [0.2, 0.25) is 0 Å². The summed E-state index contributed by atoms with van der Waals surface area (Å²) in [6.07, 6.45) is 0.202. The molecule has 0 bridgehead atoms. The van der Waals surface area contributed by atoms with Gasteiger partial charge in [0, 0.05) is 19.0 Å². The smallest absolute Gasteiger partial charge is 0.419 e. The van der Waals surface area contributed by atoms with E-state index < -0.39 is 29.2 Å². The summed E-state index contributed by atoms with van der Waals surface area (Å²) in [5, 5.41) is 14.3. The first kappa shape index (κ1) is 24.3. The molecule has 12 heteroatoms. The number of carbonyl (C=O) groups excluding carboxylic acids is 2. The lowest BCUT2D eigenvalue weighted by Crippen LogP contribution is -2.31. The molecule has 1 amide bonds. The number of esters is 1. The molecule has 10 nitrogen and oxygen atoms in total. The van der Waals surface area contributed by atoms with Crippen LogP contribution < -0.4 is 11.1 Å². The van der Waals surface area contributed by atoms with E-state index in [1.165, 1.54) is 22.8 Å². The molecule has 1 unspecified atom stereocenters. The number of oxazole rings is 1. The number of nitro groups is 1. The Kier molecular flexibility index (Phi) is 7.72. The van der Waals surface area contributed by atoms with E-state index in [2.05, 4.69) is 5.32 Å². The second kappa shape index (κ2) is 10.5. The fraction of sp³-hybridized carbons (Fsp3) is 0.286. The second-order valence-corrected chi connectivity index (χ2v) is 7.97. The Balaban J connectivity index is 1.46. The molecule has 1 N–H and O–H groups in total. The van der Waals surface area contributed by atoms with Crippen molar-refractivity contribution >= 4 is 51.9 Å². The van der Waals surface area contributed by atoms with Crippen molar-refractivity contribution in [3.63, 3.8) is 0 Å². The molecule has 1 aromatic heterocycles. The van der Waals surface area contributed by atoms with Crippen LogP contribution in [0.25, 0.3) is 11.1 Å². The lowest BCUT2D eigenvalue weighted by atomic mass is 10.1. The SMILES string of the molecule is CC(NC(=O)COC(=O)CCCn1c(=O)oc2cc([N+](=O)[O-])ccc21)c1ccc(Cl)c(Cl)c1. The quantitative estimate of drug-likeness (QED) is 0.269. The largest absolute Gasteiger partial charge is 0.456 e. The van der Waals surface area contributed by atoms with Crippen LogP contribution in [0.5, 0.6) is 0 Å². The average molecular weight is 496 g/mol. The van der Waals surface area contributed by atoms with Gasteiger partial charge in [0.25, 0.3) is 11.6 Å². The second-order valence-electron chi connectivity index (χ2n) is 7.16. The molecular weight excluding hydrogens is 477 g/mol. The molecule has 1 atom stereocenters. The number of hydrogen-bond donors (Lipinski definition) is 1. The van der Waals surface area contributed by atoms with Crippen LogP contribution in [-0.4, -0.2) is 28.0 Å². The number of benzene rings is 2. The standard InChI is InChI=1S/C21H19Cl2N3O7/c1-12(13-4-6-15(22)16(23)9-13)24-19(27)11-32-20(28)3-2-8-25-17-7-5-14(26(30)31)10-18(17)33-21(25)29/h4-7,9-10,12H,2-3,8,11H2,1H3,(H,24,27). The normalized spacial score (nSPS) is 11.8. The van der Waals surface area contributed by atoms with Gasteiger partial charge in [0.15, 0.2) is 12.2 Å². The Morgan fingerprint density at radius 2 is 1.97 bits per heavy atom. The Bertz CT molecular complexity index is 1270. The lowest BCUT2D eigenvalue weighted by Gasteiger charge is -2.15. The molecule has 0 fully saturated rings. The van der Waals surface area contributed by atoms with Gasteiger partial charge < -0.3 is 14.5 Å². The number of rotatable bonds is 9. The van der Waals surface area contributed by atoms with Crippen LogP contribution in [0.1, 0.15) is 31.4 Å². The third-order valence-corrected chi connectivity index (χ3v) is 5.55. The van der Waals surface area contributed by atoms with Gasteiger partial charge >= 0.3 is 11.7 Å². The molecule has 33 heavy (non-hydrogen) atoms. The van der Waals surface area contributed by atoms with Gasteiger partial charge in [-0.2, -0.15) is 0 Å². The van der Waals surface area contributed by atoms with E-state index in [9.17, 15) is 24.5 Å². The van der Waals surface area contributed by atoms with Crippen LogP contribution in [0, 0.1) is 10.1 Å². The summed E-state index contributed by atoms with van der Waals surface area (Å²) >= 11 is 11.9. The number of amides is 1. The van der Waals surface area contributed by atoms with Crippen molar-refractivity contribution in [1.29, 1.82) is 0 Å². The zero-order valence-electron chi connectivity index (χ0n) is 17.4. The third kappa shape index (κ3) is 6.11. The number of hydrogen-bond acceptors (Lipinski definition) is 7. The molecule has 3 aromatic rings. The summed E-state index contributed by atoms with van der Waals surface area (Å²) in [4.78, 5) is 46.3. The molecule has 0 saturated heterocycles. The first-order valence-electron chi connectivity index (χ1n) is 9.83. The van der Waals surface area contributed by atoms with Gasteiger partial charge in [-0.3, -0.25) is 24.3 Å². The fourth-order valence-electron chi connectivity index (χ4n) is 3.13.